The van der Waals surface area contributed by atoms with Crippen LogP contribution < -0.4 is 0 Å². The van der Waals surface area contributed by atoms with Gasteiger partial charge in [0, 0.05) is 5.71 Å². The Kier molecular flexibility index (Phi) is 4.30. The summed E-state index contributed by atoms with van der Waals surface area (Å²) in [4.78, 5) is 4.16. The van der Waals surface area contributed by atoms with E-state index in [1.54, 1.807) is 0 Å². The van der Waals surface area contributed by atoms with Crippen molar-refractivity contribution < 1.29 is 5.11 Å². The van der Waals surface area contributed by atoms with Gasteiger partial charge in [0.05, 0.1) is 6.61 Å². The average molecular weight is 169 g/mol. The summed E-state index contributed by atoms with van der Waals surface area (Å²) in [6, 6.07) is 0.219. The highest BCUT2D eigenvalue weighted by molar-refractivity contribution is 6.00. The van der Waals surface area contributed by atoms with Crippen LogP contribution in [0.1, 0.15) is 45.4 Å². The molecule has 1 atom stereocenters. The molecule has 0 spiro atoms. The van der Waals surface area contributed by atoms with Crippen LogP contribution in [0.2, 0.25) is 0 Å². The van der Waals surface area contributed by atoms with Crippen LogP contribution in [0.5, 0.6) is 0 Å². The van der Waals surface area contributed by atoms with Crippen molar-refractivity contribution in [3.8, 4) is 0 Å². The Morgan fingerprint density at radius 2 is 2.00 bits per heavy atom. The fourth-order valence-corrected chi connectivity index (χ4v) is 1.45. The summed E-state index contributed by atoms with van der Waals surface area (Å²) in [6.45, 7) is 2.46. The Balaban J connectivity index is 1.81. The molecule has 0 bridgehead atoms. The summed E-state index contributed by atoms with van der Waals surface area (Å²) in [6.07, 6.45) is 7.72. The van der Waals surface area contributed by atoms with Gasteiger partial charge in [0.15, 0.2) is 0 Å². The molecule has 0 amide bonds. The zero-order valence-corrected chi connectivity index (χ0v) is 7.92. The van der Waals surface area contributed by atoms with Crippen LogP contribution in [-0.4, -0.2) is 23.5 Å². The lowest BCUT2D eigenvalue weighted by atomic mass is 10.1. The fraction of sp³-hybridized carbons (Fsp3) is 0.900. The van der Waals surface area contributed by atoms with Crippen LogP contribution in [0, 0.1) is 0 Å². The molecule has 1 aliphatic rings. The molecule has 2 nitrogen and oxygen atoms in total. The lowest BCUT2D eigenvalue weighted by Gasteiger charge is -1.96. The Morgan fingerprint density at radius 1 is 1.25 bits per heavy atom. The first-order valence-electron chi connectivity index (χ1n) is 5.06. The molecule has 1 unspecified atom stereocenters. The smallest absolute Gasteiger partial charge is 0.111 e. The van der Waals surface area contributed by atoms with Gasteiger partial charge in [-0.15, -0.1) is 0 Å². The van der Waals surface area contributed by atoms with E-state index >= 15 is 0 Å². The van der Waals surface area contributed by atoms with Gasteiger partial charge in [0.2, 0.25) is 0 Å². The molecule has 0 radical (unpaired) electrons. The van der Waals surface area contributed by atoms with Crippen LogP contribution in [0.4, 0.5) is 0 Å². The normalized spacial score (nSPS) is 20.8. The lowest BCUT2D eigenvalue weighted by molar-refractivity contribution is 0.301. The van der Waals surface area contributed by atoms with Crippen LogP contribution in [0.3, 0.4) is 0 Å². The number of aliphatic imine (C=N–C) groups is 1. The molecule has 0 aromatic rings. The van der Waals surface area contributed by atoms with Crippen LogP contribution in [0.15, 0.2) is 4.99 Å². The number of nitrogens with zero attached hydrogens (tertiary/aromatic N) is 1. The van der Waals surface area contributed by atoms with E-state index in [1.165, 1.54) is 37.8 Å². The first-order valence-corrected chi connectivity index (χ1v) is 5.06. The minimum absolute atomic E-state index is 0.219. The topological polar surface area (TPSA) is 32.6 Å². The molecular formula is C10H19NO. The van der Waals surface area contributed by atoms with Gasteiger partial charge in [-0.05, 0) is 12.8 Å². The maximum Gasteiger partial charge on any atom is 0.111 e. The first kappa shape index (κ1) is 9.72. The molecule has 2 heteroatoms. The molecule has 12 heavy (non-hydrogen) atoms. The number of aliphatic hydroxyl groups excluding tert-OH is 1. The first-order chi connectivity index (χ1) is 5.88. The number of rotatable bonds is 7. The molecule has 0 saturated carbocycles. The molecular weight excluding hydrogens is 150 g/mol. The largest absolute Gasteiger partial charge is 0.394 e. The van der Waals surface area contributed by atoms with Crippen LogP contribution in [0.25, 0.3) is 0 Å². The molecule has 0 fully saturated rings. The second-order valence-corrected chi connectivity index (χ2v) is 3.48. The van der Waals surface area contributed by atoms with E-state index in [0.717, 1.165) is 6.42 Å². The summed E-state index contributed by atoms with van der Waals surface area (Å²) < 4.78 is 0. The Bertz CT molecular complexity index is 154. The highest BCUT2D eigenvalue weighted by Crippen LogP contribution is 2.17. The lowest BCUT2D eigenvalue weighted by Crippen LogP contribution is -2.02. The van der Waals surface area contributed by atoms with Crippen molar-refractivity contribution in [1.82, 2.24) is 0 Å². The van der Waals surface area contributed by atoms with E-state index in [4.69, 9.17) is 5.11 Å². The van der Waals surface area contributed by atoms with Gasteiger partial charge < -0.3 is 5.11 Å². The van der Waals surface area contributed by atoms with Gasteiger partial charge in [-0.3, -0.25) is 4.99 Å². The molecule has 1 aliphatic heterocycles. The standard InChI is InChI=1S/C10H19NO/c1-2-3-4-5-6-7-9-10(8-12)11-9/h10,12H,2-8H2,1H3. The monoisotopic (exact) mass is 169 g/mol. The molecule has 0 aromatic carbocycles. The van der Waals surface area contributed by atoms with Crippen molar-refractivity contribution in [2.45, 2.75) is 51.5 Å². The fourth-order valence-electron chi connectivity index (χ4n) is 1.45. The summed E-state index contributed by atoms with van der Waals surface area (Å²) in [5, 5.41) is 8.70. The molecule has 1 heterocycles. The maximum atomic E-state index is 8.70. The van der Waals surface area contributed by atoms with E-state index in [-0.39, 0.29) is 12.6 Å². The van der Waals surface area contributed by atoms with E-state index in [1.807, 2.05) is 0 Å². The van der Waals surface area contributed by atoms with Crippen LogP contribution >= 0.6 is 0 Å². The van der Waals surface area contributed by atoms with Crippen molar-refractivity contribution in [3.05, 3.63) is 0 Å². The van der Waals surface area contributed by atoms with Gasteiger partial charge in [0.1, 0.15) is 6.04 Å². The molecule has 0 aromatic heterocycles. The molecule has 1 N–H and O–H groups in total. The second kappa shape index (κ2) is 5.31. The van der Waals surface area contributed by atoms with E-state index < -0.39 is 0 Å². The van der Waals surface area contributed by atoms with Crippen molar-refractivity contribution >= 4 is 5.71 Å². The summed E-state index contributed by atoms with van der Waals surface area (Å²) in [5.41, 5.74) is 1.24. The summed E-state index contributed by atoms with van der Waals surface area (Å²) in [5.74, 6) is 0. The van der Waals surface area contributed by atoms with Crippen LogP contribution in [-0.2, 0) is 0 Å². The predicted octanol–water partition coefficient (Wildman–Crippen LogP) is 2.16. The number of hydrogen-bond donors (Lipinski definition) is 1. The maximum absolute atomic E-state index is 8.70. The molecule has 0 saturated heterocycles. The average Bonchev–Trinajstić information content (AvgIpc) is 2.83. The van der Waals surface area contributed by atoms with E-state index in [0.29, 0.717) is 0 Å². The van der Waals surface area contributed by atoms with Gasteiger partial charge >= 0.3 is 0 Å². The summed E-state index contributed by atoms with van der Waals surface area (Å²) >= 11 is 0. The number of hydrogen-bond acceptors (Lipinski definition) is 2. The minimum Gasteiger partial charge on any atom is -0.394 e. The van der Waals surface area contributed by atoms with Gasteiger partial charge in [-0.25, -0.2) is 0 Å². The van der Waals surface area contributed by atoms with Crippen molar-refractivity contribution in [2.75, 3.05) is 6.61 Å². The Morgan fingerprint density at radius 3 is 2.58 bits per heavy atom. The van der Waals surface area contributed by atoms with Gasteiger partial charge in [-0.1, -0.05) is 32.6 Å². The zero-order valence-electron chi connectivity index (χ0n) is 7.92. The van der Waals surface area contributed by atoms with Crippen molar-refractivity contribution in [1.29, 1.82) is 0 Å². The molecule has 70 valence electrons. The number of unbranched alkanes of at least 4 members (excludes halogenated alkanes) is 4. The highest BCUT2D eigenvalue weighted by atomic mass is 16.3. The third kappa shape index (κ3) is 3.35. The van der Waals surface area contributed by atoms with Gasteiger partial charge in [-0.2, -0.15) is 0 Å². The number of aliphatic hydroxyl groups is 1. The highest BCUT2D eigenvalue weighted by Gasteiger charge is 2.24. The van der Waals surface area contributed by atoms with Gasteiger partial charge in [0.25, 0.3) is 0 Å². The summed E-state index contributed by atoms with van der Waals surface area (Å²) in [7, 11) is 0. The van der Waals surface area contributed by atoms with E-state index in [9.17, 15) is 0 Å². The Hall–Kier alpha value is -0.370. The second-order valence-electron chi connectivity index (χ2n) is 3.48. The third-order valence-corrected chi connectivity index (χ3v) is 2.35. The third-order valence-electron chi connectivity index (χ3n) is 2.35. The molecule has 1 rings (SSSR count). The quantitative estimate of drug-likeness (QED) is 0.582. The van der Waals surface area contributed by atoms with Crippen molar-refractivity contribution in [2.24, 2.45) is 4.99 Å². The predicted molar refractivity (Wildman–Crippen MR) is 51.7 cm³/mol. The zero-order chi connectivity index (χ0) is 8.81. The Labute approximate surface area is 74.7 Å². The molecule has 0 aliphatic carbocycles. The van der Waals surface area contributed by atoms with Crippen molar-refractivity contribution in [3.63, 3.8) is 0 Å². The minimum atomic E-state index is 0.219. The van der Waals surface area contributed by atoms with E-state index in [2.05, 4.69) is 11.9 Å². The SMILES string of the molecule is CCCCCCCC1=NC1CO.